The van der Waals surface area contributed by atoms with Crippen LogP contribution in [0, 0.1) is 5.41 Å². The molecule has 0 amide bonds. The molecular weight excluding hydrogens is 224 g/mol. The third kappa shape index (κ3) is 3.09. The van der Waals surface area contributed by atoms with E-state index in [2.05, 4.69) is 60.6 Å². The molecule has 0 spiro atoms. The number of rotatable bonds is 3. The first-order valence-corrected chi connectivity index (χ1v) is 6.14. The molecule has 18 heavy (non-hydrogen) atoms. The fourth-order valence-corrected chi connectivity index (χ4v) is 1.65. The van der Waals surface area contributed by atoms with Crippen LogP contribution in [0.3, 0.4) is 0 Å². The summed E-state index contributed by atoms with van der Waals surface area (Å²) < 4.78 is 1.91. The quantitative estimate of drug-likeness (QED) is 0.902. The molecule has 1 N–H and O–H groups in total. The van der Waals surface area contributed by atoms with Crippen molar-refractivity contribution in [1.82, 2.24) is 14.8 Å². The molecule has 0 aliphatic carbocycles. The molecule has 0 bridgehead atoms. The predicted octanol–water partition coefficient (Wildman–Crippen LogP) is 2.94. The first kappa shape index (κ1) is 12.6. The maximum Gasteiger partial charge on any atom is 0.163 e. The summed E-state index contributed by atoms with van der Waals surface area (Å²) in [6.45, 7) is 7.60. The van der Waals surface area contributed by atoms with Gasteiger partial charge in [-0.05, 0) is 29.7 Å². The minimum Gasteiger partial charge on any atom is -0.385 e. The van der Waals surface area contributed by atoms with Crippen molar-refractivity contribution in [2.75, 3.05) is 11.9 Å². The summed E-state index contributed by atoms with van der Waals surface area (Å²) in [4.78, 5) is 0. The number of anilines is 1. The molecule has 0 aliphatic heterocycles. The Morgan fingerprint density at radius 2 is 1.83 bits per heavy atom. The van der Waals surface area contributed by atoms with Crippen LogP contribution in [0.1, 0.15) is 20.8 Å². The Bertz CT molecular complexity index is 505. The molecule has 0 radical (unpaired) electrons. The molecule has 0 aliphatic rings. The highest BCUT2D eigenvalue weighted by molar-refractivity contribution is 5.59. The Kier molecular flexibility index (Phi) is 3.36. The topological polar surface area (TPSA) is 42.7 Å². The van der Waals surface area contributed by atoms with Gasteiger partial charge in [0.15, 0.2) is 5.82 Å². The van der Waals surface area contributed by atoms with E-state index in [0.717, 1.165) is 23.6 Å². The molecule has 2 aromatic rings. The van der Waals surface area contributed by atoms with E-state index in [1.165, 1.54) is 0 Å². The fraction of sp³-hybridized carbons (Fsp3) is 0.429. The lowest BCUT2D eigenvalue weighted by molar-refractivity contribution is 0.443. The average molecular weight is 244 g/mol. The van der Waals surface area contributed by atoms with Crippen LogP contribution < -0.4 is 5.32 Å². The van der Waals surface area contributed by atoms with Gasteiger partial charge in [0.2, 0.25) is 0 Å². The Hall–Kier alpha value is -1.84. The third-order valence-corrected chi connectivity index (χ3v) is 2.68. The van der Waals surface area contributed by atoms with Crippen molar-refractivity contribution in [2.24, 2.45) is 12.5 Å². The Morgan fingerprint density at radius 3 is 2.33 bits per heavy atom. The van der Waals surface area contributed by atoms with Crippen LogP contribution in [0.5, 0.6) is 0 Å². The van der Waals surface area contributed by atoms with Crippen LogP contribution >= 0.6 is 0 Å². The number of hydrogen-bond donors (Lipinski definition) is 1. The van der Waals surface area contributed by atoms with Crippen LogP contribution in [0.15, 0.2) is 30.6 Å². The highest BCUT2D eigenvalue weighted by Gasteiger charge is 2.09. The van der Waals surface area contributed by atoms with Crippen molar-refractivity contribution >= 4 is 5.69 Å². The Balaban J connectivity index is 2.09. The molecule has 96 valence electrons. The van der Waals surface area contributed by atoms with Gasteiger partial charge in [-0.2, -0.15) is 0 Å². The molecule has 0 saturated carbocycles. The molecule has 0 fully saturated rings. The second kappa shape index (κ2) is 4.80. The average Bonchev–Trinajstić information content (AvgIpc) is 2.73. The lowest BCUT2D eigenvalue weighted by Crippen LogP contribution is -2.18. The number of nitrogens with one attached hydrogen (secondary N) is 1. The first-order chi connectivity index (χ1) is 8.46. The van der Waals surface area contributed by atoms with Crippen LogP contribution in [0.25, 0.3) is 11.4 Å². The summed E-state index contributed by atoms with van der Waals surface area (Å²) in [5.74, 6) is 0.886. The SMILES string of the molecule is Cn1cnnc1-c1ccc(NCC(C)(C)C)cc1. The summed E-state index contributed by atoms with van der Waals surface area (Å²) in [5.41, 5.74) is 2.49. The maximum atomic E-state index is 4.09. The van der Waals surface area contributed by atoms with Gasteiger partial charge in [0.1, 0.15) is 6.33 Å². The summed E-state index contributed by atoms with van der Waals surface area (Å²) >= 11 is 0. The molecule has 1 heterocycles. The summed E-state index contributed by atoms with van der Waals surface area (Å²) in [5, 5.41) is 11.4. The van der Waals surface area contributed by atoms with Crippen LogP contribution in [-0.2, 0) is 7.05 Å². The second-order valence-electron chi connectivity index (χ2n) is 5.76. The zero-order chi connectivity index (χ0) is 13.2. The number of hydrogen-bond acceptors (Lipinski definition) is 3. The first-order valence-electron chi connectivity index (χ1n) is 6.14. The minimum atomic E-state index is 0.280. The van der Waals surface area contributed by atoms with Crippen LogP contribution in [0.4, 0.5) is 5.69 Å². The largest absolute Gasteiger partial charge is 0.385 e. The van der Waals surface area contributed by atoms with Crippen LogP contribution in [0.2, 0.25) is 0 Å². The summed E-state index contributed by atoms with van der Waals surface area (Å²) in [6, 6.07) is 8.29. The molecular formula is C14H20N4. The highest BCUT2D eigenvalue weighted by atomic mass is 15.2. The molecule has 1 aromatic heterocycles. The highest BCUT2D eigenvalue weighted by Crippen LogP contribution is 2.20. The monoisotopic (exact) mass is 244 g/mol. The zero-order valence-electron chi connectivity index (χ0n) is 11.4. The molecule has 4 heteroatoms. The lowest BCUT2D eigenvalue weighted by Gasteiger charge is -2.19. The van der Waals surface area contributed by atoms with Crippen molar-refractivity contribution in [3.8, 4) is 11.4 Å². The smallest absolute Gasteiger partial charge is 0.163 e. The summed E-state index contributed by atoms with van der Waals surface area (Å²) in [6.07, 6.45) is 1.71. The fourth-order valence-electron chi connectivity index (χ4n) is 1.65. The van der Waals surface area contributed by atoms with E-state index in [1.54, 1.807) is 6.33 Å². The van der Waals surface area contributed by atoms with Gasteiger partial charge in [0, 0.05) is 24.8 Å². The molecule has 0 saturated heterocycles. The van der Waals surface area contributed by atoms with Crippen molar-refractivity contribution in [2.45, 2.75) is 20.8 Å². The molecule has 2 rings (SSSR count). The van der Waals surface area contributed by atoms with E-state index in [1.807, 2.05) is 11.6 Å². The van der Waals surface area contributed by atoms with Crippen molar-refractivity contribution in [3.05, 3.63) is 30.6 Å². The van der Waals surface area contributed by atoms with Gasteiger partial charge in [-0.25, -0.2) is 0 Å². The van der Waals surface area contributed by atoms with Gasteiger partial charge in [0.25, 0.3) is 0 Å². The normalized spacial score (nSPS) is 11.6. The Morgan fingerprint density at radius 1 is 1.17 bits per heavy atom. The number of aryl methyl sites for hydroxylation is 1. The van der Waals surface area contributed by atoms with Crippen molar-refractivity contribution < 1.29 is 0 Å². The molecule has 4 nitrogen and oxygen atoms in total. The van der Waals surface area contributed by atoms with Crippen molar-refractivity contribution in [1.29, 1.82) is 0 Å². The third-order valence-electron chi connectivity index (χ3n) is 2.68. The number of nitrogens with zero attached hydrogens (tertiary/aromatic N) is 3. The summed E-state index contributed by atoms with van der Waals surface area (Å²) in [7, 11) is 1.95. The minimum absolute atomic E-state index is 0.280. The molecule has 0 atom stereocenters. The maximum absolute atomic E-state index is 4.09. The van der Waals surface area contributed by atoms with E-state index in [4.69, 9.17) is 0 Å². The predicted molar refractivity (Wildman–Crippen MR) is 74.4 cm³/mol. The van der Waals surface area contributed by atoms with Gasteiger partial charge >= 0.3 is 0 Å². The van der Waals surface area contributed by atoms with Gasteiger partial charge < -0.3 is 9.88 Å². The van der Waals surface area contributed by atoms with Crippen molar-refractivity contribution in [3.63, 3.8) is 0 Å². The molecule has 0 unspecified atom stereocenters. The van der Waals surface area contributed by atoms with E-state index in [0.29, 0.717) is 0 Å². The number of aromatic nitrogens is 3. The van der Waals surface area contributed by atoms with E-state index in [9.17, 15) is 0 Å². The van der Waals surface area contributed by atoms with Gasteiger partial charge in [-0.15, -0.1) is 10.2 Å². The standard InChI is InChI=1S/C14H20N4/c1-14(2,3)9-15-12-7-5-11(6-8-12)13-17-16-10-18(13)4/h5-8,10,15H,9H2,1-4H3. The van der Waals surface area contributed by atoms with E-state index >= 15 is 0 Å². The van der Waals surface area contributed by atoms with Crippen LogP contribution in [-0.4, -0.2) is 21.3 Å². The van der Waals surface area contributed by atoms with Gasteiger partial charge in [0.05, 0.1) is 0 Å². The van der Waals surface area contributed by atoms with Gasteiger partial charge in [-0.3, -0.25) is 0 Å². The van der Waals surface area contributed by atoms with E-state index in [-0.39, 0.29) is 5.41 Å². The lowest BCUT2D eigenvalue weighted by atomic mass is 9.97. The molecule has 1 aromatic carbocycles. The Labute approximate surface area is 108 Å². The number of benzene rings is 1. The van der Waals surface area contributed by atoms with E-state index < -0.39 is 0 Å². The zero-order valence-corrected chi connectivity index (χ0v) is 11.4. The second-order valence-corrected chi connectivity index (χ2v) is 5.76. The van der Waals surface area contributed by atoms with Gasteiger partial charge in [-0.1, -0.05) is 20.8 Å².